The molecule has 7 nitrogen and oxygen atoms in total. The van der Waals surface area contributed by atoms with E-state index in [0.717, 1.165) is 5.56 Å². The largest absolute Gasteiger partial charge is 0.465 e. The van der Waals surface area contributed by atoms with E-state index in [1.54, 1.807) is 23.7 Å². The van der Waals surface area contributed by atoms with Gasteiger partial charge in [-0.25, -0.2) is 4.79 Å². The zero-order valence-electron chi connectivity index (χ0n) is 15.7. The first-order chi connectivity index (χ1) is 14.0. The molecule has 0 aliphatic carbocycles. The number of ether oxygens (including phenoxy) is 1. The van der Waals surface area contributed by atoms with Crippen molar-refractivity contribution in [3.63, 3.8) is 0 Å². The maximum Gasteiger partial charge on any atom is 0.337 e. The normalized spacial score (nSPS) is 10.2. The maximum absolute atomic E-state index is 12.4. The summed E-state index contributed by atoms with van der Waals surface area (Å²) in [5.41, 5.74) is 3.85. The third kappa shape index (κ3) is 5.73. The lowest BCUT2D eigenvalue weighted by molar-refractivity contribution is -0.115. The fraction of sp³-hybridized carbons (Fsp3) is 0.143. The minimum absolute atomic E-state index is 0.184. The van der Waals surface area contributed by atoms with Crippen molar-refractivity contribution in [3.8, 4) is 0 Å². The van der Waals surface area contributed by atoms with E-state index in [9.17, 15) is 14.4 Å². The van der Waals surface area contributed by atoms with Crippen LogP contribution in [0.15, 0.2) is 60.2 Å². The predicted molar refractivity (Wildman–Crippen MR) is 110 cm³/mol. The number of carbonyl (C=O) groups excluding carboxylic acids is 3. The Hall–Kier alpha value is -3.52. The summed E-state index contributed by atoms with van der Waals surface area (Å²) in [6.45, 7) is 0.184. The molecule has 0 fully saturated rings. The van der Waals surface area contributed by atoms with Crippen LogP contribution in [-0.2, 0) is 22.5 Å². The summed E-state index contributed by atoms with van der Waals surface area (Å²) in [4.78, 5) is 40.8. The SMILES string of the molecule is COC(=O)c1cc(CNC(=O)c2cncs2)cc(NC(=O)Cc2ccccc2)c1. The first-order valence-corrected chi connectivity index (χ1v) is 9.66. The molecular formula is C21H19N3O4S. The van der Waals surface area contributed by atoms with Crippen LogP contribution < -0.4 is 10.6 Å². The number of carbonyl (C=O) groups is 3. The maximum atomic E-state index is 12.4. The van der Waals surface area contributed by atoms with Crippen LogP contribution in [0, 0.1) is 0 Å². The zero-order valence-corrected chi connectivity index (χ0v) is 16.5. The summed E-state index contributed by atoms with van der Waals surface area (Å²) in [5, 5.41) is 5.57. The Labute approximate surface area is 171 Å². The first-order valence-electron chi connectivity index (χ1n) is 8.78. The van der Waals surface area contributed by atoms with E-state index < -0.39 is 5.97 Å². The number of nitrogens with zero attached hydrogens (tertiary/aromatic N) is 1. The Kier molecular flexibility index (Phi) is 6.70. The average Bonchev–Trinajstić information content (AvgIpc) is 3.27. The summed E-state index contributed by atoms with van der Waals surface area (Å²) in [5.74, 6) is -0.998. The van der Waals surface area contributed by atoms with E-state index in [1.165, 1.54) is 24.6 Å². The van der Waals surface area contributed by atoms with Crippen molar-refractivity contribution < 1.29 is 19.1 Å². The van der Waals surface area contributed by atoms with Gasteiger partial charge in [0.25, 0.3) is 5.91 Å². The number of nitrogens with one attached hydrogen (secondary N) is 2. The predicted octanol–water partition coefficient (Wildman–Crippen LogP) is 3.04. The molecule has 2 amide bonds. The van der Waals surface area contributed by atoms with E-state index in [2.05, 4.69) is 15.6 Å². The van der Waals surface area contributed by atoms with Gasteiger partial charge in [-0.3, -0.25) is 14.6 Å². The van der Waals surface area contributed by atoms with E-state index in [4.69, 9.17) is 4.74 Å². The minimum atomic E-state index is -0.529. The van der Waals surface area contributed by atoms with Gasteiger partial charge < -0.3 is 15.4 Å². The molecule has 0 atom stereocenters. The van der Waals surface area contributed by atoms with Gasteiger partial charge in [-0.05, 0) is 29.3 Å². The van der Waals surface area contributed by atoms with E-state index in [-0.39, 0.29) is 30.3 Å². The molecule has 0 saturated carbocycles. The highest BCUT2D eigenvalue weighted by Crippen LogP contribution is 2.17. The number of hydrogen-bond acceptors (Lipinski definition) is 6. The molecule has 0 bridgehead atoms. The second-order valence-corrected chi connectivity index (χ2v) is 7.06. The lowest BCUT2D eigenvalue weighted by Gasteiger charge is -2.11. The van der Waals surface area contributed by atoms with E-state index in [1.807, 2.05) is 30.3 Å². The molecule has 0 aliphatic heterocycles. The summed E-state index contributed by atoms with van der Waals surface area (Å²) in [6.07, 6.45) is 1.70. The standard InChI is InChI=1S/C21H19N3O4S/c1-28-21(27)16-7-15(11-23-20(26)18-12-22-13-29-18)8-17(10-16)24-19(25)9-14-5-3-2-4-6-14/h2-8,10,12-13H,9,11H2,1H3,(H,23,26)(H,24,25). The Morgan fingerprint density at radius 1 is 1.07 bits per heavy atom. The molecule has 29 heavy (non-hydrogen) atoms. The first kappa shape index (κ1) is 20.2. The number of amides is 2. The van der Waals surface area contributed by atoms with Gasteiger partial charge in [-0.15, -0.1) is 11.3 Å². The van der Waals surface area contributed by atoms with Crippen molar-refractivity contribution >= 4 is 34.8 Å². The average molecular weight is 409 g/mol. The van der Waals surface area contributed by atoms with Gasteiger partial charge in [-0.1, -0.05) is 30.3 Å². The van der Waals surface area contributed by atoms with Crippen LogP contribution in [0.3, 0.4) is 0 Å². The molecule has 1 heterocycles. The lowest BCUT2D eigenvalue weighted by Crippen LogP contribution is -2.22. The van der Waals surface area contributed by atoms with Crippen molar-refractivity contribution in [1.82, 2.24) is 10.3 Å². The van der Waals surface area contributed by atoms with Crippen LogP contribution in [0.4, 0.5) is 5.69 Å². The summed E-state index contributed by atoms with van der Waals surface area (Å²) < 4.78 is 4.79. The number of anilines is 1. The van der Waals surface area contributed by atoms with Crippen molar-refractivity contribution in [2.75, 3.05) is 12.4 Å². The summed E-state index contributed by atoms with van der Waals surface area (Å²) >= 11 is 1.24. The number of rotatable bonds is 7. The molecule has 2 aromatic carbocycles. The van der Waals surface area contributed by atoms with Gasteiger partial charge in [-0.2, -0.15) is 0 Å². The molecule has 3 rings (SSSR count). The van der Waals surface area contributed by atoms with Crippen LogP contribution >= 0.6 is 11.3 Å². The fourth-order valence-electron chi connectivity index (χ4n) is 2.69. The Bertz CT molecular complexity index is 1000. The van der Waals surface area contributed by atoms with Gasteiger partial charge in [0.1, 0.15) is 4.88 Å². The summed E-state index contributed by atoms with van der Waals surface area (Å²) in [6, 6.07) is 14.2. The zero-order chi connectivity index (χ0) is 20.6. The highest BCUT2D eigenvalue weighted by atomic mass is 32.1. The number of thiazole rings is 1. The Morgan fingerprint density at radius 2 is 1.86 bits per heavy atom. The minimum Gasteiger partial charge on any atom is -0.465 e. The Balaban J connectivity index is 1.73. The number of methoxy groups -OCH3 is 1. The molecule has 0 aliphatic rings. The van der Waals surface area contributed by atoms with Gasteiger partial charge in [0.2, 0.25) is 5.91 Å². The summed E-state index contributed by atoms with van der Waals surface area (Å²) in [7, 11) is 1.29. The monoisotopic (exact) mass is 409 g/mol. The molecule has 2 N–H and O–H groups in total. The van der Waals surface area contributed by atoms with Crippen molar-refractivity contribution in [3.05, 3.63) is 81.8 Å². The fourth-order valence-corrected chi connectivity index (χ4v) is 3.22. The molecule has 0 unspecified atom stereocenters. The number of hydrogen-bond donors (Lipinski definition) is 2. The van der Waals surface area contributed by atoms with Crippen LogP contribution in [-0.4, -0.2) is 29.9 Å². The third-order valence-electron chi connectivity index (χ3n) is 4.01. The van der Waals surface area contributed by atoms with Crippen LogP contribution in [0.25, 0.3) is 0 Å². The van der Waals surface area contributed by atoms with Crippen LogP contribution in [0.5, 0.6) is 0 Å². The van der Waals surface area contributed by atoms with Gasteiger partial charge in [0.05, 0.1) is 30.8 Å². The molecular weight excluding hydrogens is 390 g/mol. The van der Waals surface area contributed by atoms with Crippen LogP contribution in [0.2, 0.25) is 0 Å². The van der Waals surface area contributed by atoms with Gasteiger partial charge in [0, 0.05) is 12.2 Å². The Morgan fingerprint density at radius 3 is 2.55 bits per heavy atom. The molecule has 1 aromatic heterocycles. The second-order valence-electron chi connectivity index (χ2n) is 6.17. The van der Waals surface area contributed by atoms with E-state index >= 15 is 0 Å². The van der Waals surface area contributed by atoms with Gasteiger partial charge in [0.15, 0.2) is 0 Å². The molecule has 8 heteroatoms. The smallest absolute Gasteiger partial charge is 0.337 e. The molecule has 0 radical (unpaired) electrons. The topological polar surface area (TPSA) is 97.4 Å². The second kappa shape index (κ2) is 9.61. The number of benzene rings is 2. The third-order valence-corrected chi connectivity index (χ3v) is 4.79. The molecule has 3 aromatic rings. The van der Waals surface area contributed by atoms with Crippen molar-refractivity contribution in [2.24, 2.45) is 0 Å². The molecule has 0 spiro atoms. The van der Waals surface area contributed by atoms with Crippen LogP contribution in [0.1, 0.15) is 31.2 Å². The van der Waals surface area contributed by atoms with Crippen molar-refractivity contribution in [2.45, 2.75) is 13.0 Å². The highest BCUT2D eigenvalue weighted by Gasteiger charge is 2.13. The number of aromatic nitrogens is 1. The lowest BCUT2D eigenvalue weighted by atomic mass is 10.1. The highest BCUT2D eigenvalue weighted by molar-refractivity contribution is 7.11. The van der Waals surface area contributed by atoms with Gasteiger partial charge >= 0.3 is 5.97 Å². The molecule has 148 valence electrons. The van der Waals surface area contributed by atoms with E-state index in [0.29, 0.717) is 16.1 Å². The quantitative estimate of drug-likeness (QED) is 0.585. The number of esters is 1. The van der Waals surface area contributed by atoms with Crippen molar-refractivity contribution in [1.29, 1.82) is 0 Å². The molecule has 0 saturated heterocycles.